The molecule has 1 fully saturated rings. The first-order chi connectivity index (χ1) is 7.58. The van der Waals surface area contributed by atoms with Gasteiger partial charge >= 0.3 is 0 Å². The number of hydrogen-bond acceptors (Lipinski definition) is 3. The summed E-state index contributed by atoms with van der Waals surface area (Å²) in [6.45, 7) is 0. The molecule has 0 bridgehead atoms. The Kier molecular flexibility index (Phi) is 2.91. The zero-order valence-corrected chi connectivity index (χ0v) is 9.86. The predicted molar refractivity (Wildman–Crippen MR) is 61.3 cm³/mol. The number of amides is 1. The Balaban J connectivity index is 2.26. The van der Waals surface area contributed by atoms with Crippen molar-refractivity contribution in [2.45, 2.75) is 18.9 Å². The van der Waals surface area contributed by atoms with Crippen LogP contribution in [-0.4, -0.2) is 16.9 Å². The van der Waals surface area contributed by atoms with Crippen molar-refractivity contribution in [3.63, 3.8) is 0 Å². The summed E-state index contributed by atoms with van der Waals surface area (Å²) in [5.74, 6) is -0.266. The van der Waals surface area contributed by atoms with Gasteiger partial charge in [-0.15, -0.1) is 0 Å². The molecule has 0 spiro atoms. The van der Waals surface area contributed by atoms with Crippen molar-refractivity contribution in [3.05, 3.63) is 38.3 Å². The maximum atomic E-state index is 11.7. The van der Waals surface area contributed by atoms with Gasteiger partial charge < -0.3 is 5.32 Å². The molecule has 1 aromatic rings. The molecule has 1 saturated carbocycles. The second-order valence-electron chi connectivity index (χ2n) is 3.67. The van der Waals surface area contributed by atoms with Crippen molar-refractivity contribution < 1.29 is 9.72 Å². The summed E-state index contributed by atoms with van der Waals surface area (Å²) >= 11 is 3.21. The Morgan fingerprint density at radius 3 is 2.75 bits per heavy atom. The number of carbonyl (C=O) groups is 1. The molecule has 2 rings (SSSR count). The van der Waals surface area contributed by atoms with Crippen LogP contribution >= 0.6 is 15.9 Å². The van der Waals surface area contributed by atoms with Crippen molar-refractivity contribution in [1.29, 1.82) is 0 Å². The molecular weight excluding hydrogens is 276 g/mol. The predicted octanol–water partition coefficient (Wildman–Crippen LogP) is 2.25. The first kappa shape index (κ1) is 11.1. The summed E-state index contributed by atoms with van der Waals surface area (Å²) in [6, 6.07) is 4.39. The summed E-state index contributed by atoms with van der Waals surface area (Å²) in [7, 11) is 0. The highest BCUT2D eigenvalue weighted by atomic mass is 79.9. The van der Waals surface area contributed by atoms with Crippen LogP contribution in [0.2, 0.25) is 0 Å². The van der Waals surface area contributed by atoms with Gasteiger partial charge in [0.2, 0.25) is 0 Å². The molecule has 6 heteroatoms. The number of nitro benzene ring substituents is 1. The molecule has 0 aliphatic heterocycles. The van der Waals surface area contributed by atoms with Gasteiger partial charge in [-0.05, 0) is 34.8 Å². The summed E-state index contributed by atoms with van der Waals surface area (Å²) in [5, 5.41) is 13.4. The number of nitrogens with zero attached hydrogens (tertiary/aromatic N) is 1. The number of hydrogen-bond donors (Lipinski definition) is 1. The molecule has 5 nitrogen and oxygen atoms in total. The van der Waals surface area contributed by atoms with Gasteiger partial charge in [0.1, 0.15) is 0 Å². The molecule has 1 aliphatic carbocycles. The van der Waals surface area contributed by atoms with Crippen LogP contribution in [0.15, 0.2) is 22.7 Å². The third-order valence-corrected chi connectivity index (χ3v) is 3.01. The Morgan fingerprint density at radius 1 is 1.50 bits per heavy atom. The molecular formula is C10H9BrN2O3. The van der Waals surface area contributed by atoms with Gasteiger partial charge in [-0.2, -0.15) is 0 Å². The molecule has 0 unspecified atom stereocenters. The Labute approximate surface area is 100 Å². The fourth-order valence-corrected chi connectivity index (χ4v) is 1.72. The number of benzene rings is 1. The van der Waals surface area contributed by atoms with E-state index < -0.39 is 4.92 Å². The normalized spacial score (nSPS) is 14.6. The molecule has 1 N–H and O–H groups in total. The van der Waals surface area contributed by atoms with E-state index >= 15 is 0 Å². The van der Waals surface area contributed by atoms with E-state index in [0.717, 1.165) is 12.8 Å². The van der Waals surface area contributed by atoms with Crippen molar-refractivity contribution in [1.82, 2.24) is 5.32 Å². The molecule has 0 heterocycles. The zero-order chi connectivity index (χ0) is 11.7. The van der Waals surface area contributed by atoms with Gasteiger partial charge in [-0.25, -0.2) is 0 Å². The second kappa shape index (κ2) is 4.21. The Bertz CT molecular complexity index is 457. The number of non-ortho nitro benzene ring substituents is 1. The van der Waals surface area contributed by atoms with Crippen molar-refractivity contribution >= 4 is 27.5 Å². The third-order valence-electron chi connectivity index (χ3n) is 2.32. The summed E-state index contributed by atoms with van der Waals surface area (Å²) in [6.07, 6.45) is 1.97. The number of carbonyl (C=O) groups excluding carboxylic acids is 1. The van der Waals surface area contributed by atoms with Crippen LogP contribution in [0.4, 0.5) is 5.69 Å². The molecule has 16 heavy (non-hydrogen) atoms. The first-order valence-electron chi connectivity index (χ1n) is 4.83. The Hall–Kier alpha value is -1.43. The third kappa shape index (κ3) is 2.38. The molecule has 0 atom stereocenters. The fourth-order valence-electron chi connectivity index (χ4n) is 1.29. The fraction of sp³-hybridized carbons (Fsp3) is 0.300. The average molecular weight is 285 g/mol. The molecule has 0 radical (unpaired) electrons. The van der Waals surface area contributed by atoms with Crippen LogP contribution in [0.5, 0.6) is 0 Å². The highest BCUT2D eigenvalue weighted by molar-refractivity contribution is 9.10. The largest absolute Gasteiger partial charge is 0.349 e. The maximum Gasteiger partial charge on any atom is 0.270 e. The smallest absolute Gasteiger partial charge is 0.270 e. The van der Waals surface area contributed by atoms with Crippen molar-refractivity contribution in [2.24, 2.45) is 0 Å². The molecule has 0 saturated heterocycles. The maximum absolute atomic E-state index is 11.7. The van der Waals surface area contributed by atoms with Crippen LogP contribution < -0.4 is 5.32 Å². The highest BCUT2D eigenvalue weighted by Crippen LogP contribution is 2.24. The number of nitro groups is 1. The van der Waals surface area contributed by atoms with Crippen LogP contribution in [0.3, 0.4) is 0 Å². The average Bonchev–Trinajstić information content (AvgIpc) is 3.01. The minimum Gasteiger partial charge on any atom is -0.349 e. The van der Waals surface area contributed by atoms with Gasteiger partial charge in [-0.1, -0.05) is 0 Å². The summed E-state index contributed by atoms with van der Waals surface area (Å²) in [5.41, 5.74) is 0.227. The van der Waals surface area contributed by atoms with Gasteiger partial charge in [0.05, 0.1) is 10.5 Å². The first-order valence-corrected chi connectivity index (χ1v) is 5.62. The molecule has 1 amide bonds. The highest BCUT2D eigenvalue weighted by Gasteiger charge is 2.25. The van der Waals surface area contributed by atoms with Gasteiger partial charge in [0, 0.05) is 22.6 Å². The van der Waals surface area contributed by atoms with E-state index in [4.69, 9.17) is 0 Å². The quantitative estimate of drug-likeness (QED) is 0.683. The van der Waals surface area contributed by atoms with Crippen molar-refractivity contribution in [2.75, 3.05) is 0 Å². The van der Waals surface area contributed by atoms with Gasteiger partial charge in [0.25, 0.3) is 11.6 Å². The number of nitrogens with one attached hydrogen (secondary N) is 1. The van der Waals surface area contributed by atoms with Crippen LogP contribution in [0.1, 0.15) is 23.2 Å². The van der Waals surface area contributed by atoms with E-state index in [1.165, 1.54) is 18.2 Å². The van der Waals surface area contributed by atoms with Gasteiger partial charge in [-0.3, -0.25) is 14.9 Å². The SMILES string of the molecule is O=C(NC1CC1)c1cc([N+](=O)[O-])ccc1Br. The lowest BCUT2D eigenvalue weighted by atomic mass is 10.2. The summed E-state index contributed by atoms with van der Waals surface area (Å²) < 4.78 is 0.566. The standard InChI is InChI=1S/C10H9BrN2O3/c11-9-4-3-7(13(15)16)5-8(9)10(14)12-6-1-2-6/h3-6H,1-2H2,(H,12,14). The van der Waals surface area contributed by atoms with Gasteiger partial charge in [0.15, 0.2) is 0 Å². The number of rotatable bonds is 3. The topological polar surface area (TPSA) is 72.2 Å². The number of halogens is 1. The molecule has 1 aliphatic rings. The molecule has 1 aromatic carbocycles. The second-order valence-corrected chi connectivity index (χ2v) is 4.52. The van der Waals surface area contributed by atoms with E-state index in [1.54, 1.807) is 0 Å². The van der Waals surface area contributed by atoms with E-state index in [9.17, 15) is 14.9 Å². The van der Waals surface area contributed by atoms with E-state index in [0.29, 0.717) is 10.0 Å². The van der Waals surface area contributed by atoms with Crippen molar-refractivity contribution in [3.8, 4) is 0 Å². The van der Waals surface area contributed by atoms with E-state index in [1.807, 2.05) is 0 Å². The lowest BCUT2D eigenvalue weighted by molar-refractivity contribution is -0.384. The minimum absolute atomic E-state index is 0.0795. The molecule has 84 valence electrons. The molecule has 0 aromatic heterocycles. The Morgan fingerprint density at radius 2 is 2.19 bits per heavy atom. The van der Waals surface area contributed by atoms with Crippen LogP contribution in [0.25, 0.3) is 0 Å². The lowest BCUT2D eigenvalue weighted by Gasteiger charge is -2.05. The van der Waals surface area contributed by atoms with Crippen LogP contribution in [0, 0.1) is 10.1 Å². The van der Waals surface area contributed by atoms with E-state index in [2.05, 4.69) is 21.2 Å². The van der Waals surface area contributed by atoms with Crippen LogP contribution in [-0.2, 0) is 0 Å². The monoisotopic (exact) mass is 284 g/mol. The minimum atomic E-state index is -0.514. The zero-order valence-electron chi connectivity index (χ0n) is 8.27. The van der Waals surface area contributed by atoms with E-state index in [-0.39, 0.29) is 17.6 Å². The summed E-state index contributed by atoms with van der Waals surface area (Å²) in [4.78, 5) is 21.8. The lowest BCUT2D eigenvalue weighted by Crippen LogP contribution is -2.25.